The summed E-state index contributed by atoms with van der Waals surface area (Å²) in [5.41, 5.74) is 4.05. The van der Waals surface area contributed by atoms with Crippen molar-refractivity contribution >= 4 is 18.2 Å². The molecule has 0 aromatic heterocycles. The first-order chi connectivity index (χ1) is 12.2. The van der Waals surface area contributed by atoms with Gasteiger partial charge in [-0.15, -0.1) is 0 Å². The van der Waals surface area contributed by atoms with Crippen molar-refractivity contribution in [1.29, 1.82) is 0 Å². The molecule has 0 spiro atoms. The molecule has 1 amide bonds. The molecule has 0 aliphatic rings. The second-order valence-electron chi connectivity index (χ2n) is 4.95. The van der Waals surface area contributed by atoms with Crippen LogP contribution in [0.5, 0.6) is 17.2 Å². The van der Waals surface area contributed by atoms with Gasteiger partial charge in [0.25, 0.3) is 5.91 Å². The van der Waals surface area contributed by atoms with Crippen molar-refractivity contribution in [1.82, 2.24) is 5.43 Å². The third-order valence-electron chi connectivity index (χ3n) is 3.36. The number of ether oxygens (including phenoxy) is 3. The Morgan fingerprint density at radius 3 is 2.28 bits per heavy atom. The Kier molecular flexibility index (Phi) is 6.59. The lowest BCUT2D eigenvalue weighted by atomic mass is 10.2. The third kappa shape index (κ3) is 5.39. The number of hydrazone groups is 1. The first kappa shape index (κ1) is 18.1. The molecule has 0 heterocycles. The molecule has 2 aromatic rings. The molecular weight excluding hydrogens is 320 g/mol. The number of hydrogen-bond acceptors (Lipinski definition) is 5. The van der Waals surface area contributed by atoms with E-state index in [2.05, 4.69) is 10.5 Å². The smallest absolute Gasteiger partial charge is 0.264 e. The maximum atomic E-state index is 11.8. The van der Waals surface area contributed by atoms with Gasteiger partial charge in [-0.1, -0.05) is 12.1 Å². The number of rotatable bonds is 7. The number of nitrogens with one attached hydrogen (secondary N) is 1. The molecule has 0 bridgehead atoms. The van der Waals surface area contributed by atoms with Gasteiger partial charge in [0.1, 0.15) is 17.2 Å². The lowest BCUT2D eigenvalue weighted by Crippen LogP contribution is -2.14. The predicted octanol–water partition coefficient (Wildman–Crippen LogP) is 2.88. The van der Waals surface area contributed by atoms with Gasteiger partial charge in [-0.2, -0.15) is 5.10 Å². The molecular formula is C19H20N2O4. The van der Waals surface area contributed by atoms with E-state index in [-0.39, 0.29) is 5.91 Å². The van der Waals surface area contributed by atoms with Crippen LogP contribution in [0.4, 0.5) is 0 Å². The zero-order valence-corrected chi connectivity index (χ0v) is 14.4. The van der Waals surface area contributed by atoms with Gasteiger partial charge < -0.3 is 14.2 Å². The zero-order chi connectivity index (χ0) is 18.1. The number of carbonyl (C=O) groups is 1. The molecule has 0 atom stereocenters. The van der Waals surface area contributed by atoms with Crippen LogP contribution in [0.15, 0.2) is 53.6 Å². The molecule has 25 heavy (non-hydrogen) atoms. The molecule has 6 nitrogen and oxygen atoms in total. The fraction of sp³-hybridized carbons (Fsp3) is 0.158. The number of nitrogens with zero attached hydrogens (tertiary/aromatic N) is 1. The van der Waals surface area contributed by atoms with Crippen molar-refractivity contribution in [2.45, 2.75) is 0 Å². The molecule has 0 aliphatic heterocycles. The van der Waals surface area contributed by atoms with E-state index in [1.807, 2.05) is 24.3 Å². The molecule has 0 unspecified atom stereocenters. The number of amides is 1. The van der Waals surface area contributed by atoms with Crippen LogP contribution in [-0.2, 0) is 4.79 Å². The number of benzene rings is 2. The average Bonchev–Trinajstić information content (AvgIpc) is 2.66. The number of methoxy groups -OCH3 is 3. The van der Waals surface area contributed by atoms with Gasteiger partial charge in [-0.05, 0) is 35.9 Å². The molecule has 0 saturated heterocycles. The fourth-order valence-corrected chi connectivity index (χ4v) is 2.01. The van der Waals surface area contributed by atoms with E-state index in [9.17, 15) is 4.79 Å². The zero-order valence-electron chi connectivity index (χ0n) is 14.4. The van der Waals surface area contributed by atoms with E-state index in [0.717, 1.165) is 16.9 Å². The molecule has 0 saturated carbocycles. The Bertz CT molecular complexity index is 767. The lowest BCUT2D eigenvalue weighted by Gasteiger charge is -2.06. The first-order valence-electron chi connectivity index (χ1n) is 7.53. The summed E-state index contributed by atoms with van der Waals surface area (Å²) in [4.78, 5) is 11.8. The highest BCUT2D eigenvalue weighted by molar-refractivity contribution is 5.93. The van der Waals surface area contributed by atoms with E-state index < -0.39 is 0 Å². The summed E-state index contributed by atoms with van der Waals surface area (Å²) in [5, 5.41) is 3.93. The SMILES string of the molecule is COc1ccc(/C=C/C(=O)N/N=C\c2ccc(OC)cc2OC)cc1. The molecule has 0 fully saturated rings. The van der Waals surface area contributed by atoms with Crippen LogP contribution in [0.1, 0.15) is 11.1 Å². The van der Waals surface area contributed by atoms with Crippen molar-refractivity contribution in [3.8, 4) is 17.2 Å². The van der Waals surface area contributed by atoms with E-state index in [1.165, 1.54) is 12.3 Å². The molecule has 130 valence electrons. The summed E-state index contributed by atoms with van der Waals surface area (Å²) in [5.74, 6) is 1.71. The van der Waals surface area contributed by atoms with Gasteiger partial charge in [0, 0.05) is 17.7 Å². The number of carbonyl (C=O) groups excluding carboxylic acids is 1. The first-order valence-corrected chi connectivity index (χ1v) is 7.53. The summed E-state index contributed by atoms with van der Waals surface area (Å²) in [6.45, 7) is 0. The standard InChI is InChI=1S/C19H20N2O4/c1-23-16-8-4-14(5-9-16)6-11-19(22)21-20-13-15-7-10-17(24-2)12-18(15)25-3/h4-13H,1-3H3,(H,21,22)/b11-6+,20-13-. The summed E-state index contributed by atoms with van der Waals surface area (Å²) in [6.07, 6.45) is 4.61. The van der Waals surface area contributed by atoms with Crippen LogP contribution in [0, 0.1) is 0 Å². The monoisotopic (exact) mass is 340 g/mol. The maximum absolute atomic E-state index is 11.8. The van der Waals surface area contributed by atoms with Crippen LogP contribution >= 0.6 is 0 Å². The summed E-state index contributed by atoms with van der Waals surface area (Å²) in [6, 6.07) is 12.7. The van der Waals surface area contributed by atoms with Gasteiger partial charge >= 0.3 is 0 Å². The van der Waals surface area contributed by atoms with E-state index in [0.29, 0.717) is 11.5 Å². The van der Waals surface area contributed by atoms with Gasteiger partial charge in [0.05, 0.1) is 27.5 Å². The normalized spacial score (nSPS) is 10.8. The van der Waals surface area contributed by atoms with Crippen LogP contribution in [0.2, 0.25) is 0 Å². The topological polar surface area (TPSA) is 69.2 Å². The molecule has 0 radical (unpaired) electrons. The summed E-state index contributed by atoms with van der Waals surface area (Å²) in [7, 11) is 4.74. The lowest BCUT2D eigenvalue weighted by molar-refractivity contribution is -0.116. The molecule has 2 rings (SSSR count). The third-order valence-corrected chi connectivity index (χ3v) is 3.36. The van der Waals surface area contributed by atoms with Gasteiger partial charge in [-0.3, -0.25) is 4.79 Å². The minimum atomic E-state index is -0.334. The van der Waals surface area contributed by atoms with Crippen molar-refractivity contribution in [2.24, 2.45) is 5.10 Å². The van der Waals surface area contributed by atoms with Crippen molar-refractivity contribution in [2.75, 3.05) is 21.3 Å². The van der Waals surface area contributed by atoms with E-state index in [4.69, 9.17) is 14.2 Å². The Morgan fingerprint density at radius 1 is 0.960 bits per heavy atom. The van der Waals surface area contributed by atoms with E-state index in [1.54, 1.807) is 45.6 Å². The highest BCUT2D eigenvalue weighted by atomic mass is 16.5. The molecule has 1 N–H and O–H groups in total. The Morgan fingerprint density at radius 2 is 1.64 bits per heavy atom. The molecule has 0 aliphatic carbocycles. The highest BCUT2D eigenvalue weighted by Gasteiger charge is 2.02. The van der Waals surface area contributed by atoms with Crippen molar-refractivity contribution in [3.05, 3.63) is 59.7 Å². The second kappa shape index (κ2) is 9.12. The Balaban J connectivity index is 1.94. The average molecular weight is 340 g/mol. The Hall–Kier alpha value is -3.28. The van der Waals surface area contributed by atoms with Crippen molar-refractivity contribution < 1.29 is 19.0 Å². The van der Waals surface area contributed by atoms with Crippen molar-refractivity contribution in [3.63, 3.8) is 0 Å². The minimum absolute atomic E-state index is 0.334. The van der Waals surface area contributed by atoms with Crippen LogP contribution in [0.25, 0.3) is 6.08 Å². The summed E-state index contributed by atoms with van der Waals surface area (Å²) >= 11 is 0. The summed E-state index contributed by atoms with van der Waals surface area (Å²) < 4.78 is 15.5. The highest BCUT2D eigenvalue weighted by Crippen LogP contribution is 2.22. The van der Waals surface area contributed by atoms with Gasteiger partial charge in [0.2, 0.25) is 0 Å². The van der Waals surface area contributed by atoms with Crippen LogP contribution in [-0.4, -0.2) is 33.5 Å². The fourth-order valence-electron chi connectivity index (χ4n) is 2.01. The molecule has 6 heteroatoms. The molecule has 2 aromatic carbocycles. The van der Waals surface area contributed by atoms with Gasteiger partial charge in [-0.25, -0.2) is 5.43 Å². The van der Waals surface area contributed by atoms with Crippen LogP contribution in [0.3, 0.4) is 0 Å². The predicted molar refractivity (Wildman–Crippen MR) is 97.3 cm³/mol. The van der Waals surface area contributed by atoms with Crippen LogP contribution < -0.4 is 19.6 Å². The Labute approximate surface area is 146 Å². The quantitative estimate of drug-likeness (QED) is 0.478. The van der Waals surface area contributed by atoms with E-state index >= 15 is 0 Å². The minimum Gasteiger partial charge on any atom is -0.497 e. The maximum Gasteiger partial charge on any atom is 0.264 e. The van der Waals surface area contributed by atoms with Gasteiger partial charge in [0.15, 0.2) is 0 Å². The largest absolute Gasteiger partial charge is 0.497 e. The second-order valence-corrected chi connectivity index (χ2v) is 4.95. The number of hydrogen-bond donors (Lipinski definition) is 1.